The van der Waals surface area contributed by atoms with Gasteiger partial charge in [-0.2, -0.15) is 0 Å². The summed E-state index contributed by atoms with van der Waals surface area (Å²) in [6.45, 7) is 1.12. The van der Waals surface area contributed by atoms with Crippen molar-refractivity contribution < 1.29 is 23.5 Å². The molecule has 2 heterocycles. The van der Waals surface area contributed by atoms with Crippen LogP contribution in [-0.4, -0.2) is 49.6 Å². The van der Waals surface area contributed by atoms with Crippen LogP contribution in [0.1, 0.15) is 23.2 Å². The fraction of sp³-hybridized carbons (Fsp3) is 0.368. The number of hydrogen-bond donors (Lipinski definition) is 1. The first-order valence-corrected chi connectivity index (χ1v) is 8.54. The van der Waals surface area contributed by atoms with Crippen LogP contribution in [0.25, 0.3) is 0 Å². The Hall–Kier alpha value is -2.96. The smallest absolute Gasteiger partial charge is 0.258 e. The van der Waals surface area contributed by atoms with E-state index in [1.807, 2.05) is 12.1 Å². The molecule has 2 aromatic rings. The predicted octanol–water partition coefficient (Wildman–Crippen LogP) is 2.09. The number of carbonyl (C=O) groups is 2. The van der Waals surface area contributed by atoms with Gasteiger partial charge in [0.05, 0.1) is 18.9 Å². The highest BCUT2D eigenvalue weighted by atomic mass is 16.5. The Morgan fingerprint density at radius 1 is 1.19 bits per heavy atom. The first-order chi connectivity index (χ1) is 12.7. The summed E-state index contributed by atoms with van der Waals surface area (Å²) in [4.78, 5) is 26.1. The molecule has 0 spiro atoms. The zero-order valence-corrected chi connectivity index (χ0v) is 14.6. The first kappa shape index (κ1) is 17.8. The van der Waals surface area contributed by atoms with Crippen molar-refractivity contribution in [3.63, 3.8) is 0 Å². The lowest BCUT2D eigenvalue weighted by Crippen LogP contribution is -2.47. The average molecular weight is 358 g/mol. The monoisotopic (exact) mass is 358 g/mol. The summed E-state index contributed by atoms with van der Waals surface area (Å²) >= 11 is 0. The molecule has 1 saturated heterocycles. The van der Waals surface area contributed by atoms with Crippen molar-refractivity contribution in [2.75, 3.05) is 26.8 Å². The quantitative estimate of drug-likeness (QED) is 0.855. The molecule has 0 aliphatic carbocycles. The van der Waals surface area contributed by atoms with E-state index in [-0.39, 0.29) is 24.5 Å². The van der Waals surface area contributed by atoms with Crippen molar-refractivity contribution >= 4 is 11.8 Å². The van der Waals surface area contributed by atoms with Gasteiger partial charge in [-0.1, -0.05) is 12.1 Å². The number of ether oxygens (including phenoxy) is 2. The highest BCUT2D eigenvalue weighted by Gasteiger charge is 2.25. The van der Waals surface area contributed by atoms with E-state index in [2.05, 4.69) is 5.32 Å². The van der Waals surface area contributed by atoms with Crippen molar-refractivity contribution in [1.82, 2.24) is 10.2 Å². The van der Waals surface area contributed by atoms with Crippen LogP contribution in [0.2, 0.25) is 0 Å². The van der Waals surface area contributed by atoms with Gasteiger partial charge >= 0.3 is 0 Å². The van der Waals surface area contributed by atoms with E-state index in [0.29, 0.717) is 43.0 Å². The Morgan fingerprint density at radius 3 is 2.58 bits per heavy atom. The summed E-state index contributed by atoms with van der Waals surface area (Å²) in [5, 5.41) is 2.96. The third-order valence-corrected chi connectivity index (χ3v) is 4.34. The van der Waals surface area contributed by atoms with Crippen molar-refractivity contribution in [3.05, 3.63) is 48.4 Å². The van der Waals surface area contributed by atoms with Crippen LogP contribution in [0.5, 0.6) is 11.5 Å². The lowest BCUT2D eigenvalue weighted by molar-refractivity contribution is -0.124. The molecule has 3 rings (SSSR count). The van der Waals surface area contributed by atoms with Gasteiger partial charge in [-0.15, -0.1) is 0 Å². The van der Waals surface area contributed by atoms with Crippen LogP contribution < -0.4 is 14.8 Å². The number of benzene rings is 1. The topological polar surface area (TPSA) is 81.0 Å². The van der Waals surface area contributed by atoms with Crippen molar-refractivity contribution in [2.45, 2.75) is 18.9 Å². The number of hydrogen-bond acceptors (Lipinski definition) is 5. The van der Waals surface area contributed by atoms with Crippen LogP contribution in [0.3, 0.4) is 0 Å². The van der Waals surface area contributed by atoms with Gasteiger partial charge in [0.2, 0.25) is 0 Å². The summed E-state index contributed by atoms with van der Waals surface area (Å²) in [5.74, 6) is 0.899. The molecule has 26 heavy (non-hydrogen) atoms. The van der Waals surface area contributed by atoms with Gasteiger partial charge in [0.1, 0.15) is 6.26 Å². The molecule has 138 valence electrons. The van der Waals surface area contributed by atoms with Gasteiger partial charge < -0.3 is 24.1 Å². The summed E-state index contributed by atoms with van der Waals surface area (Å²) in [7, 11) is 1.56. The Bertz CT molecular complexity index is 736. The molecular formula is C19H22N2O5. The Kier molecular flexibility index (Phi) is 5.78. The van der Waals surface area contributed by atoms with Crippen molar-refractivity contribution in [3.8, 4) is 11.5 Å². The normalized spacial score (nSPS) is 14.7. The van der Waals surface area contributed by atoms with E-state index in [1.54, 1.807) is 30.2 Å². The molecule has 1 aromatic heterocycles. The number of rotatable bonds is 6. The number of nitrogens with zero attached hydrogens (tertiary/aromatic N) is 1. The van der Waals surface area contributed by atoms with Crippen LogP contribution >= 0.6 is 0 Å². The number of likely N-dealkylation sites (tertiary alicyclic amines) is 1. The number of furan rings is 1. The standard InChI is InChI=1S/C19H22N2O5/c1-24-16-4-2-3-5-17(16)26-13-18(22)20-15-6-9-21(10-7-15)19(23)14-8-11-25-12-14/h2-5,8,11-12,15H,6-7,9-10,13H2,1H3,(H,20,22). The average Bonchev–Trinajstić information content (AvgIpc) is 3.21. The zero-order chi connectivity index (χ0) is 18.4. The predicted molar refractivity (Wildman–Crippen MR) is 94.3 cm³/mol. The lowest BCUT2D eigenvalue weighted by atomic mass is 10.0. The molecule has 1 aliphatic heterocycles. The molecule has 1 N–H and O–H groups in total. The highest BCUT2D eigenvalue weighted by Crippen LogP contribution is 2.25. The van der Waals surface area contributed by atoms with Gasteiger partial charge in [-0.25, -0.2) is 0 Å². The third-order valence-electron chi connectivity index (χ3n) is 4.34. The third kappa shape index (κ3) is 4.36. The van der Waals surface area contributed by atoms with Gasteiger partial charge in [0, 0.05) is 19.1 Å². The van der Waals surface area contributed by atoms with Gasteiger partial charge in [-0.3, -0.25) is 9.59 Å². The Morgan fingerprint density at radius 2 is 1.92 bits per heavy atom. The molecule has 0 unspecified atom stereocenters. The molecule has 1 aliphatic rings. The van der Waals surface area contributed by atoms with Gasteiger partial charge in [0.25, 0.3) is 11.8 Å². The van der Waals surface area contributed by atoms with Crippen LogP contribution in [0, 0.1) is 0 Å². The second kappa shape index (κ2) is 8.42. The highest BCUT2D eigenvalue weighted by molar-refractivity contribution is 5.93. The van der Waals surface area contributed by atoms with E-state index < -0.39 is 0 Å². The number of amides is 2. The number of carbonyl (C=O) groups excluding carboxylic acids is 2. The zero-order valence-electron chi connectivity index (χ0n) is 14.6. The van der Waals surface area contributed by atoms with Gasteiger partial charge in [0.15, 0.2) is 18.1 Å². The number of nitrogens with one attached hydrogen (secondary N) is 1. The maximum atomic E-state index is 12.3. The minimum absolute atomic E-state index is 0.0389. The molecule has 0 atom stereocenters. The van der Waals surface area contributed by atoms with Crippen LogP contribution in [-0.2, 0) is 4.79 Å². The molecule has 0 saturated carbocycles. The fourth-order valence-electron chi connectivity index (χ4n) is 2.95. The molecule has 7 nitrogen and oxygen atoms in total. The van der Waals surface area contributed by atoms with E-state index in [4.69, 9.17) is 13.9 Å². The maximum Gasteiger partial charge on any atom is 0.258 e. The molecule has 0 bridgehead atoms. The summed E-state index contributed by atoms with van der Waals surface area (Å²) in [6, 6.07) is 8.89. The summed E-state index contributed by atoms with van der Waals surface area (Å²) in [5.41, 5.74) is 0.553. The van der Waals surface area contributed by atoms with Crippen LogP contribution in [0.15, 0.2) is 47.3 Å². The van der Waals surface area contributed by atoms with E-state index in [0.717, 1.165) is 0 Å². The molecule has 1 fully saturated rings. The van der Waals surface area contributed by atoms with Gasteiger partial charge in [-0.05, 0) is 31.0 Å². The molecule has 0 radical (unpaired) electrons. The second-order valence-electron chi connectivity index (χ2n) is 6.09. The van der Waals surface area contributed by atoms with E-state index >= 15 is 0 Å². The largest absolute Gasteiger partial charge is 0.493 e. The maximum absolute atomic E-state index is 12.3. The SMILES string of the molecule is COc1ccccc1OCC(=O)NC1CCN(C(=O)c2ccoc2)CC1. The molecule has 2 amide bonds. The number of para-hydroxylation sites is 2. The van der Waals surface area contributed by atoms with E-state index in [9.17, 15) is 9.59 Å². The van der Waals surface area contributed by atoms with Crippen molar-refractivity contribution in [1.29, 1.82) is 0 Å². The van der Waals surface area contributed by atoms with E-state index in [1.165, 1.54) is 12.5 Å². The van der Waals surface area contributed by atoms with Crippen LogP contribution in [0.4, 0.5) is 0 Å². The second-order valence-corrected chi connectivity index (χ2v) is 6.09. The summed E-state index contributed by atoms with van der Waals surface area (Å²) < 4.78 is 15.7. The Balaban J connectivity index is 1.43. The minimum Gasteiger partial charge on any atom is -0.493 e. The number of methoxy groups -OCH3 is 1. The first-order valence-electron chi connectivity index (χ1n) is 8.54. The summed E-state index contributed by atoms with van der Waals surface area (Å²) in [6.07, 6.45) is 4.36. The lowest BCUT2D eigenvalue weighted by Gasteiger charge is -2.32. The van der Waals surface area contributed by atoms with Crippen molar-refractivity contribution in [2.24, 2.45) is 0 Å². The molecular weight excluding hydrogens is 336 g/mol. The minimum atomic E-state index is -0.185. The fourth-order valence-corrected chi connectivity index (χ4v) is 2.95. The molecule has 7 heteroatoms. The molecule has 1 aromatic carbocycles. The Labute approximate surface area is 151 Å². The number of piperidine rings is 1.